The third-order valence-electron chi connectivity index (χ3n) is 2.93. The fraction of sp³-hybridized carbons (Fsp3) is 0.176. The van der Waals surface area contributed by atoms with E-state index in [9.17, 15) is 4.79 Å². The number of nitrogens with zero attached hydrogens (tertiary/aromatic N) is 1. The number of carbonyl (C=O) groups is 1. The molecule has 0 atom stereocenters. The lowest BCUT2D eigenvalue weighted by atomic mass is 10.1. The Hall–Kier alpha value is -2.33. The summed E-state index contributed by atoms with van der Waals surface area (Å²) in [7, 11) is 0. The van der Waals surface area contributed by atoms with E-state index in [2.05, 4.69) is 22.7 Å². The number of rotatable bonds is 6. The highest BCUT2D eigenvalue weighted by molar-refractivity contribution is 6.82. The molecule has 0 aliphatic rings. The fourth-order valence-electron chi connectivity index (χ4n) is 1.88. The Morgan fingerprint density at radius 1 is 1.09 bits per heavy atom. The van der Waals surface area contributed by atoms with Crippen LogP contribution < -0.4 is 5.43 Å². The largest absolute Gasteiger partial charge is 0.461 e. The number of hydrazone groups is 1. The topological polar surface area (TPSA) is 50.7 Å². The molecule has 5 heteroatoms. The van der Waals surface area contributed by atoms with Crippen molar-refractivity contribution in [1.82, 2.24) is 0 Å². The number of halogens is 1. The predicted molar refractivity (Wildman–Crippen MR) is 89.2 cm³/mol. The van der Waals surface area contributed by atoms with Gasteiger partial charge in [0.05, 0.1) is 12.3 Å². The maximum atomic E-state index is 11.3. The second-order valence-corrected chi connectivity index (χ2v) is 4.95. The first-order chi connectivity index (χ1) is 10.7. The molecule has 0 heterocycles. The van der Waals surface area contributed by atoms with Crippen LogP contribution in [0.5, 0.6) is 0 Å². The molecular formula is C17H17ClN2O2. The van der Waals surface area contributed by atoms with E-state index in [1.807, 2.05) is 42.5 Å². The van der Waals surface area contributed by atoms with Crippen LogP contribution in [-0.4, -0.2) is 17.7 Å². The fourth-order valence-corrected chi connectivity index (χ4v) is 1.98. The van der Waals surface area contributed by atoms with Crippen LogP contribution in [0.15, 0.2) is 59.7 Å². The van der Waals surface area contributed by atoms with Crippen molar-refractivity contribution in [3.8, 4) is 0 Å². The van der Waals surface area contributed by atoms with Gasteiger partial charge in [0.25, 0.3) is 0 Å². The average Bonchev–Trinajstić information content (AvgIpc) is 2.55. The summed E-state index contributed by atoms with van der Waals surface area (Å²) in [6.07, 6.45) is 0.869. The van der Waals surface area contributed by atoms with Crippen molar-refractivity contribution in [2.75, 3.05) is 12.0 Å². The summed E-state index contributed by atoms with van der Waals surface area (Å²) in [5.41, 5.74) is 5.93. The molecule has 0 spiro atoms. The Kier molecular flexibility index (Phi) is 5.98. The van der Waals surface area contributed by atoms with Gasteiger partial charge in [-0.3, -0.25) is 5.43 Å². The monoisotopic (exact) mass is 316 g/mol. The Balaban J connectivity index is 1.94. The second-order valence-electron chi connectivity index (χ2n) is 4.59. The molecule has 0 aromatic heterocycles. The molecule has 0 aliphatic carbocycles. The molecule has 0 unspecified atom stereocenters. The summed E-state index contributed by atoms with van der Waals surface area (Å²) < 4.78 is 4.74. The third-order valence-corrected chi connectivity index (χ3v) is 3.17. The normalized spacial score (nSPS) is 11.1. The van der Waals surface area contributed by atoms with Crippen molar-refractivity contribution in [1.29, 1.82) is 0 Å². The van der Waals surface area contributed by atoms with Gasteiger partial charge in [-0.2, -0.15) is 5.10 Å². The molecule has 0 amide bonds. The quantitative estimate of drug-likeness (QED) is 0.501. The van der Waals surface area contributed by atoms with Crippen LogP contribution in [-0.2, 0) is 16.0 Å². The molecule has 0 radical (unpaired) electrons. The zero-order valence-corrected chi connectivity index (χ0v) is 13.0. The highest BCUT2D eigenvalue weighted by atomic mass is 35.5. The summed E-state index contributed by atoms with van der Waals surface area (Å²) in [5.74, 6) is -0.641. The van der Waals surface area contributed by atoms with Crippen molar-refractivity contribution in [3.63, 3.8) is 0 Å². The Morgan fingerprint density at radius 2 is 1.73 bits per heavy atom. The van der Waals surface area contributed by atoms with Crippen LogP contribution in [0.4, 0.5) is 5.69 Å². The van der Waals surface area contributed by atoms with Gasteiger partial charge in [-0.15, -0.1) is 0 Å². The van der Waals surface area contributed by atoms with E-state index in [0.29, 0.717) is 0 Å². The first-order valence-corrected chi connectivity index (χ1v) is 7.36. The Morgan fingerprint density at radius 3 is 2.36 bits per heavy atom. The molecule has 1 N–H and O–H groups in total. The van der Waals surface area contributed by atoms with E-state index >= 15 is 0 Å². The molecular weight excluding hydrogens is 300 g/mol. The standard InChI is InChI=1S/C17H17ClN2O2/c1-2-22-17(21)16(18)20-19-15-10-8-14(9-11-15)12-13-6-4-3-5-7-13/h3-11,19H,2,12H2,1H3/b20-16-. The van der Waals surface area contributed by atoms with Crippen LogP contribution in [0.3, 0.4) is 0 Å². The number of benzene rings is 2. The highest BCUT2D eigenvalue weighted by Gasteiger charge is 2.08. The SMILES string of the molecule is CCOC(=O)/C(Cl)=N/Nc1ccc(Cc2ccccc2)cc1. The van der Waals surface area contributed by atoms with Crippen LogP contribution in [0, 0.1) is 0 Å². The summed E-state index contributed by atoms with van der Waals surface area (Å²) in [4.78, 5) is 11.3. The third kappa shape index (κ3) is 4.90. The lowest BCUT2D eigenvalue weighted by Gasteiger charge is -2.05. The molecule has 0 bridgehead atoms. The first-order valence-electron chi connectivity index (χ1n) is 6.98. The first kappa shape index (κ1) is 16.0. The van der Waals surface area contributed by atoms with Gasteiger partial charge in [0, 0.05) is 0 Å². The summed E-state index contributed by atoms with van der Waals surface area (Å²) in [5, 5.41) is 3.56. The maximum Gasteiger partial charge on any atom is 0.370 e. The molecule has 2 aromatic rings. The van der Waals surface area contributed by atoms with Gasteiger partial charge >= 0.3 is 5.97 Å². The van der Waals surface area contributed by atoms with E-state index in [1.54, 1.807) is 6.92 Å². The van der Waals surface area contributed by atoms with Gasteiger partial charge in [0.2, 0.25) is 5.17 Å². The maximum absolute atomic E-state index is 11.3. The molecule has 4 nitrogen and oxygen atoms in total. The molecule has 22 heavy (non-hydrogen) atoms. The van der Waals surface area contributed by atoms with E-state index < -0.39 is 5.97 Å². The molecule has 0 saturated carbocycles. The number of nitrogens with one attached hydrogen (secondary N) is 1. The van der Waals surface area contributed by atoms with Gasteiger partial charge in [0.1, 0.15) is 0 Å². The van der Waals surface area contributed by atoms with Gasteiger partial charge in [-0.25, -0.2) is 4.79 Å². The zero-order chi connectivity index (χ0) is 15.8. The minimum atomic E-state index is -0.641. The summed E-state index contributed by atoms with van der Waals surface area (Å²) in [6, 6.07) is 18.0. The number of esters is 1. The zero-order valence-electron chi connectivity index (χ0n) is 12.3. The van der Waals surface area contributed by atoms with E-state index in [0.717, 1.165) is 12.1 Å². The van der Waals surface area contributed by atoms with E-state index in [1.165, 1.54) is 11.1 Å². The smallest absolute Gasteiger partial charge is 0.370 e. The molecule has 114 valence electrons. The molecule has 0 aliphatic heterocycles. The van der Waals surface area contributed by atoms with Gasteiger partial charge in [-0.05, 0) is 36.6 Å². The molecule has 2 aromatic carbocycles. The number of ether oxygens (including phenoxy) is 1. The van der Waals surface area contributed by atoms with Crippen LogP contribution in [0.2, 0.25) is 0 Å². The van der Waals surface area contributed by atoms with E-state index in [-0.39, 0.29) is 11.8 Å². The van der Waals surface area contributed by atoms with Crippen molar-refractivity contribution in [2.45, 2.75) is 13.3 Å². The minimum absolute atomic E-state index is 0.227. The molecule has 2 rings (SSSR count). The van der Waals surface area contributed by atoms with Gasteiger partial charge in [-0.1, -0.05) is 54.1 Å². The number of carbonyl (C=O) groups excluding carboxylic acids is 1. The van der Waals surface area contributed by atoms with Gasteiger partial charge in [0.15, 0.2) is 0 Å². The molecule has 0 saturated heterocycles. The van der Waals surface area contributed by atoms with Crippen molar-refractivity contribution in [3.05, 3.63) is 65.7 Å². The lowest BCUT2D eigenvalue weighted by molar-refractivity contribution is -0.134. The second kappa shape index (κ2) is 8.20. The van der Waals surface area contributed by atoms with Crippen LogP contribution in [0.25, 0.3) is 0 Å². The van der Waals surface area contributed by atoms with Gasteiger partial charge < -0.3 is 4.74 Å². The predicted octanol–water partition coefficient (Wildman–Crippen LogP) is 3.80. The number of hydrogen-bond acceptors (Lipinski definition) is 4. The van der Waals surface area contributed by atoms with Crippen molar-refractivity contribution < 1.29 is 9.53 Å². The van der Waals surface area contributed by atoms with E-state index in [4.69, 9.17) is 16.3 Å². The summed E-state index contributed by atoms with van der Waals surface area (Å²) in [6.45, 7) is 1.97. The lowest BCUT2D eigenvalue weighted by Crippen LogP contribution is -2.13. The summed E-state index contributed by atoms with van der Waals surface area (Å²) >= 11 is 5.71. The minimum Gasteiger partial charge on any atom is -0.461 e. The highest BCUT2D eigenvalue weighted by Crippen LogP contribution is 2.13. The van der Waals surface area contributed by atoms with Crippen LogP contribution >= 0.6 is 11.6 Å². The van der Waals surface area contributed by atoms with Crippen LogP contribution in [0.1, 0.15) is 18.1 Å². The number of anilines is 1. The average molecular weight is 317 g/mol. The Bertz CT molecular complexity index is 639. The van der Waals surface area contributed by atoms with Crippen molar-refractivity contribution in [2.24, 2.45) is 5.10 Å². The Labute approximate surface area is 134 Å². The number of hydrogen-bond donors (Lipinski definition) is 1. The molecule has 0 fully saturated rings. The van der Waals surface area contributed by atoms with Crippen molar-refractivity contribution >= 4 is 28.4 Å².